The van der Waals surface area contributed by atoms with Gasteiger partial charge in [0.15, 0.2) is 0 Å². The Labute approximate surface area is 180 Å². The Hall–Kier alpha value is -2.77. The normalized spacial score (nSPS) is 18.5. The number of aliphatic hydroxyl groups excluding tert-OH is 1. The fraction of sp³-hybridized carbons (Fsp3) is 0.364. The molecule has 160 valence electrons. The molecule has 30 heavy (non-hydrogen) atoms. The van der Waals surface area contributed by atoms with Gasteiger partial charge in [-0.1, -0.05) is 11.6 Å². The van der Waals surface area contributed by atoms with E-state index in [1.165, 1.54) is 11.0 Å². The number of aliphatic hydroxyl groups is 1. The minimum atomic E-state index is -0.816. The number of rotatable bonds is 7. The van der Waals surface area contributed by atoms with E-state index < -0.39 is 17.7 Å². The van der Waals surface area contributed by atoms with Crippen LogP contribution >= 0.6 is 11.6 Å². The average molecular weight is 433 g/mol. The van der Waals surface area contributed by atoms with Crippen LogP contribution in [0.5, 0.6) is 5.75 Å². The summed E-state index contributed by atoms with van der Waals surface area (Å²) < 4.78 is 11.2. The molecule has 2 aromatic rings. The number of halogens is 1. The number of furan rings is 1. The summed E-state index contributed by atoms with van der Waals surface area (Å²) in [4.78, 5) is 29.0. The van der Waals surface area contributed by atoms with Crippen LogP contribution in [0.3, 0.4) is 0 Å². The molecule has 0 unspecified atom stereocenters. The van der Waals surface area contributed by atoms with Gasteiger partial charge in [0.05, 0.1) is 17.2 Å². The number of ketones is 1. The monoisotopic (exact) mass is 432 g/mol. The van der Waals surface area contributed by atoms with E-state index in [2.05, 4.69) is 0 Å². The average Bonchev–Trinajstić information content (AvgIpc) is 3.23. The summed E-state index contributed by atoms with van der Waals surface area (Å²) in [5, 5.41) is 11.3. The number of benzene rings is 1. The Morgan fingerprint density at radius 2 is 2.00 bits per heavy atom. The highest BCUT2D eigenvalue weighted by Crippen LogP contribution is 2.40. The topological polar surface area (TPSA) is 83.2 Å². The molecule has 1 saturated heterocycles. The first-order valence-corrected chi connectivity index (χ1v) is 10.0. The molecule has 1 aromatic heterocycles. The van der Waals surface area contributed by atoms with Crippen molar-refractivity contribution < 1.29 is 23.8 Å². The standard InChI is InChI=1S/C22H25ClN2O5/c1-5-29-16-9-7-14(12-15(16)23)20(26)18-19(17-8-6-13(2)30-17)25(11-10-24(3)4)22(28)21(18)27/h6-9,12,19,26H,5,10-11H2,1-4H3/b20-18+/t19-/m0/s1. The lowest BCUT2D eigenvalue weighted by Crippen LogP contribution is -2.35. The number of hydrogen-bond donors (Lipinski definition) is 1. The fourth-order valence-electron chi connectivity index (χ4n) is 3.39. The van der Waals surface area contributed by atoms with Gasteiger partial charge in [0.25, 0.3) is 11.7 Å². The number of likely N-dealkylation sites (N-methyl/N-ethyl adjacent to an activating group) is 1. The molecule has 1 amide bonds. The van der Waals surface area contributed by atoms with Gasteiger partial charge < -0.3 is 24.1 Å². The highest BCUT2D eigenvalue weighted by atomic mass is 35.5. The largest absolute Gasteiger partial charge is 0.507 e. The number of carbonyl (C=O) groups excluding carboxylic acids is 2. The van der Waals surface area contributed by atoms with Crippen LogP contribution in [0.2, 0.25) is 5.02 Å². The molecule has 0 bridgehead atoms. The van der Waals surface area contributed by atoms with Gasteiger partial charge in [-0.2, -0.15) is 0 Å². The molecular weight excluding hydrogens is 408 g/mol. The van der Waals surface area contributed by atoms with E-state index in [9.17, 15) is 14.7 Å². The molecular formula is C22H25ClN2O5. The van der Waals surface area contributed by atoms with Crippen LogP contribution in [0, 0.1) is 6.92 Å². The highest BCUT2D eigenvalue weighted by Gasteiger charge is 2.47. The van der Waals surface area contributed by atoms with Crippen molar-refractivity contribution in [2.45, 2.75) is 19.9 Å². The minimum absolute atomic E-state index is 0.0201. The van der Waals surface area contributed by atoms with E-state index in [0.29, 0.717) is 47.6 Å². The molecule has 1 aliphatic heterocycles. The zero-order valence-electron chi connectivity index (χ0n) is 17.4. The summed E-state index contributed by atoms with van der Waals surface area (Å²) >= 11 is 6.25. The number of hydrogen-bond acceptors (Lipinski definition) is 6. The van der Waals surface area contributed by atoms with Crippen LogP contribution in [-0.2, 0) is 9.59 Å². The van der Waals surface area contributed by atoms with E-state index >= 15 is 0 Å². The first-order valence-electron chi connectivity index (χ1n) is 9.66. The summed E-state index contributed by atoms with van der Waals surface area (Å²) in [5.41, 5.74) is 0.302. The van der Waals surface area contributed by atoms with Gasteiger partial charge in [-0.3, -0.25) is 9.59 Å². The zero-order chi connectivity index (χ0) is 22.0. The second-order valence-electron chi connectivity index (χ2n) is 7.32. The molecule has 1 fully saturated rings. The summed E-state index contributed by atoms with van der Waals surface area (Å²) in [7, 11) is 3.76. The first kappa shape index (κ1) is 21.9. The number of nitrogens with zero attached hydrogens (tertiary/aromatic N) is 2. The molecule has 1 aliphatic rings. The molecule has 3 rings (SSSR count). The SMILES string of the molecule is CCOc1ccc(/C(O)=C2\C(=O)C(=O)N(CCN(C)C)[C@H]2c2ccc(C)o2)cc1Cl. The molecule has 2 heterocycles. The Balaban J connectivity index is 2.10. The highest BCUT2D eigenvalue weighted by molar-refractivity contribution is 6.46. The maximum Gasteiger partial charge on any atom is 0.295 e. The van der Waals surface area contributed by atoms with Gasteiger partial charge in [0.1, 0.15) is 29.1 Å². The van der Waals surface area contributed by atoms with Crippen LogP contribution in [0.15, 0.2) is 40.3 Å². The van der Waals surface area contributed by atoms with Crippen molar-refractivity contribution in [1.82, 2.24) is 9.80 Å². The van der Waals surface area contributed by atoms with Crippen LogP contribution in [0.25, 0.3) is 5.76 Å². The fourth-order valence-corrected chi connectivity index (χ4v) is 3.63. The van der Waals surface area contributed by atoms with Crippen molar-refractivity contribution in [2.75, 3.05) is 33.8 Å². The minimum Gasteiger partial charge on any atom is -0.507 e. The predicted molar refractivity (Wildman–Crippen MR) is 114 cm³/mol. The van der Waals surface area contributed by atoms with Crippen molar-refractivity contribution in [3.8, 4) is 5.75 Å². The second-order valence-corrected chi connectivity index (χ2v) is 7.73. The Kier molecular flexibility index (Phi) is 6.53. The number of amides is 1. The molecule has 1 atom stereocenters. The van der Waals surface area contributed by atoms with Gasteiger partial charge in [-0.25, -0.2) is 0 Å². The summed E-state index contributed by atoms with van der Waals surface area (Å²) in [6.07, 6.45) is 0. The second kappa shape index (κ2) is 8.93. The molecule has 0 saturated carbocycles. The first-order chi connectivity index (χ1) is 14.2. The Morgan fingerprint density at radius 1 is 1.27 bits per heavy atom. The van der Waals surface area contributed by atoms with Crippen LogP contribution in [0.1, 0.15) is 30.0 Å². The van der Waals surface area contributed by atoms with Crippen molar-refractivity contribution in [1.29, 1.82) is 0 Å². The van der Waals surface area contributed by atoms with E-state index in [0.717, 1.165) is 0 Å². The molecule has 1 N–H and O–H groups in total. The Bertz CT molecular complexity index is 995. The van der Waals surface area contributed by atoms with Crippen LogP contribution in [0.4, 0.5) is 0 Å². The zero-order valence-corrected chi connectivity index (χ0v) is 18.2. The van der Waals surface area contributed by atoms with E-state index in [4.69, 9.17) is 20.8 Å². The predicted octanol–water partition coefficient (Wildman–Crippen LogP) is 3.62. The third kappa shape index (κ3) is 4.22. The maximum atomic E-state index is 12.9. The summed E-state index contributed by atoms with van der Waals surface area (Å²) in [5.74, 6) is -0.189. The molecule has 0 aliphatic carbocycles. The van der Waals surface area contributed by atoms with E-state index in [1.807, 2.05) is 25.9 Å². The molecule has 0 radical (unpaired) electrons. The third-order valence-electron chi connectivity index (χ3n) is 4.86. The van der Waals surface area contributed by atoms with Crippen molar-refractivity contribution >= 4 is 29.1 Å². The lowest BCUT2D eigenvalue weighted by Gasteiger charge is -2.24. The van der Waals surface area contributed by atoms with Gasteiger partial charge in [0, 0.05) is 18.7 Å². The van der Waals surface area contributed by atoms with Crippen molar-refractivity contribution in [3.05, 3.63) is 58.0 Å². The number of likely N-dealkylation sites (tertiary alicyclic amines) is 1. The van der Waals surface area contributed by atoms with Gasteiger partial charge in [-0.05, 0) is 58.3 Å². The number of carbonyl (C=O) groups is 2. The van der Waals surface area contributed by atoms with E-state index in [1.54, 1.807) is 31.2 Å². The number of aryl methyl sites for hydroxylation is 1. The van der Waals surface area contributed by atoms with Crippen LogP contribution in [-0.4, -0.2) is 60.4 Å². The van der Waals surface area contributed by atoms with Crippen LogP contribution < -0.4 is 4.74 Å². The quantitative estimate of drug-likeness (QED) is 0.408. The smallest absolute Gasteiger partial charge is 0.295 e. The number of Topliss-reactive ketones (excluding diaryl/α,β-unsaturated/α-hetero) is 1. The van der Waals surface area contributed by atoms with Crippen molar-refractivity contribution in [3.63, 3.8) is 0 Å². The molecule has 7 nitrogen and oxygen atoms in total. The molecule has 1 aromatic carbocycles. The third-order valence-corrected chi connectivity index (χ3v) is 5.16. The molecule has 8 heteroatoms. The maximum absolute atomic E-state index is 12.9. The van der Waals surface area contributed by atoms with E-state index in [-0.39, 0.29) is 11.3 Å². The van der Waals surface area contributed by atoms with Gasteiger partial charge >= 0.3 is 0 Å². The number of ether oxygens (including phenoxy) is 1. The van der Waals surface area contributed by atoms with Gasteiger partial charge in [0.2, 0.25) is 0 Å². The lowest BCUT2D eigenvalue weighted by molar-refractivity contribution is -0.140. The van der Waals surface area contributed by atoms with Gasteiger partial charge in [-0.15, -0.1) is 0 Å². The summed E-state index contributed by atoms with van der Waals surface area (Å²) in [6.45, 7) is 4.92. The molecule has 0 spiro atoms. The Morgan fingerprint density at radius 3 is 2.57 bits per heavy atom. The van der Waals surface area contributed by atoms with Crippen molar-refractivity contribution in [2.24, 2.45) is 0 Å². The lowest BCUT2D eigenvalue weighted by atomic mass is 9.99. The summed E-state index contributed by atoms with van der Waals surface area (Å²) in [6, 6.07) is 7.39.